The molecule has 106 valence electrons. The van der Waals surface area contributed by atoms with Crippen LogP contribution in [0, 0.1) is 6.92 Å². The first kappa shape index (κ1) is 16.0. The molecule has 1 aromatic rings. The fourth-order valence-electron chi connectivity index (χ4n) is 2.36. The van der Waals surface area contributed by atoms with E-state index < -0.39 is 6.04 Å². The van der Waals surface area contributed by atoms with Gasteiger partial charge in [-0.2, -0.15) is 0 Å². The summed E-state index contributed by atoms with van der Waals surface area (Å²) in [6.07, 6.45) is 2.01. The zero-order chi connectivity index (χ0) is 13.1. The van der Waals surface area contributed by atoms with Crippen LogP contribution in [-0.4, -0.2) is 32.2 Å². The molecule has 0 radical (unpaired) electrons. The summed E-state index contributed by atoms with van der Waals surface area (Å²) in [6, 6.07) is 5.67. The summed E-state index contributed by atoms with van der Waals surface area (Å²) in [6.45, 7) is 3.04. The summed E-state index contributed by atoms with van der Waals surface area (Å²) >= 11 is 0. The van der Waals surface area contributed by atoms with E-state index in [0.29, 0.717) is 0 Å². The number of anilines is 1. The predicted octanol–water partition coefficient (Wildman–Crippen LogP) is 1.67. The maximum atomic E-state index is 12.3. The van der Waals surface area contributed by atoms with Gasteiger partial charge in [-0.3, -0.25) is 4.79 Å². The Morgan fingerprint density at radius 1 is 1.53 bits per heavy atom. The van der Waals surface area contributed by atoms with Crippen molar-refractivity contribution >= 4 is 24.0 Å². The van der Waals surface area contributed by atoms with E-state index in [1.165, 1.54) is 5.56 Å². The van der Waals surface area contributed by atoms with Crippen molar-refractivity contribution in [2.45, 2.75) is 25.8 Å². The molecule has 1 aromatic carbocycles. The molecular weight excluding hydrogens is 264 g/mol. The average molecular weight is 285 g/mol. The van der Waals surface area contributed by atoms with E-state index >= 15 is 0 Å². The number of carbonyl (C=O) groups is 1. The maximum Gasteiger partial charge on any atom is 0.246 e. The smallest absolute Gasteiger partial charge is 0.246 e. The Labute approximate surface area is 120 Å². The molecule has 0 aromatic heterocycles. The van der Waals surface area contributed by atoms with Crippen molar-refractivity contribution in [2.24, 2.45) is 5.73 Å². The van der Waals surface area contributed by atoms with Gasteiger partial charge in [0, 0.05) is 19.3 Å². The van der Waals surface area contributed by atoms with Crippen molar-refractivity contribution in [1.82, 2.24) is 0 Å². The first-order valence-electron chi connectivity index (χ1n) is 6.29. The first-order chi connectivity index (χ1) is 8.63. The van der Waals surface area contributed by atoms with E-state index in [1.807, 2.05) is 6.92 Å². The molecular formula is C14H21ClN2O2. The molecule has 1 atom stereocenters. The van der Waals surface area contributed by atoms with Crippen molar-refractivity contribution in [1.29, 1.82) is 0 Å². The number of rotatable bonds is 3. The van der Waals surface area contributed by atoms with Gasteiger partial charge in [0.05, 0.1) is 6.61 Å². The zero-order valence-corrected chi connectivity index (χ0v) is 12.2. The Morgan fingerprint density at radius 3 is 2.95 bits per heavy atom. The van der Waals surface area contributed by atoms with Crippen molar-refractivity contribution in [3.8, 4) is 0 Å². The van der Waals surface area contributed by atoms with E-state index in [2.05, 4.69) is 18.2 Å². The largest absolute Gasteiger partial charge is 0.383 e. The molecule has 1 aliphatic heterocycles. The number of ether oxygens (including phenoxy) is 1. The van der Waals surface area contributed by atoms with Crippen LogP contribution in [0.3, 0.4) is 0 Å². The van der Waals surface area contributed by atoms with Crippen LogP contribution < -0.4 is 10.6 Å². The fourth-order valence-corrected chi connectivity index (χ4v) is 2.36. The number of hydrogen-bond donors (Lipinski definition) is 1. The van der Waals surface area contributed by atoms with Crippen molar-refractivity contribution in [3.63, 3.8) is 0 Å². The summed E-state index contributed by atoms with van der Waals surface area (Å²) in [4.78, 5) is 14.1. The van der Waals surface area contributed by atoms with Gasteiger partial charge in [0.25, 0.3) is 0 Å². The van der Waals surface area contributed by atoms with Gasteiger partial charge in [-0.05, 0) is 37.0 Å². The molecule has 19 heavy (non-hydrogen) atoms. The second-order valence-electron chi connectivity index (χ2n) is 4.79. The van der Waals surface area contributed by atoms with Gasteiger partial charge in [-0.25, -0.2) is 0 Å². The van der Waals surface area contributed by atoms with E-state index in [0.717, 1.165) is 30.6 Å². The maximum absolute atomic E-state index is 12.3. The quantitative estimate of drug-likeness (QED) is 0.919. The lowest BCUT2D eigenvalue weighted by atomic mass is 9.99. The lowest BCUT2D eigenvalue weighted by Crippen LogP contribution is -2.48. The summed E-state index contributed by atoms with van der Waals surface area (Å²) in [5.74, 6) is -0.0524. The highest BCUT2D eigenvalue weighted by atomic mass is 35.5. The van der Waals surface area contributed by atoms with Gasteiger partial charge >= 0.3 is 0 Å². The number of fused-ring (bicyclic) bond motifs is 1. The molecule has 0 spiro atoms. The van der Waals surface area contributed by atoms with E-state index in [1.54, 1.807) is 12.0 Å². The van der Waals surface area contributed by atoms with Crippen LogP contribution in [0.1, 0.15) is 17.5 Å². The number of nitrogens with zero attached hydrogens (tertiary/aromatic N) is 1. The molecule has 0 fully saturated rings. The van der Waals surface area contributed by atoms with E-state index in [4.69, 9.17) is 10.5 Å². The van der Waals surface area contributed by atoms with Crippen LogP contribution in [0.2, 0.25) is 0 Å². The van der Waals surface area contributed by atoms with Crippen molar-refractivity contribution < 1.29 is 9.53 Å². The van der Waals surface area contributed by atoms with Crippen LogP contribution in [-0.2, 0) is 16.0 Å². The van der Waals surface area contributed by atoms with Crippen LogP contribution in [0.5, 0.6) is 0 Å². The second-order valence-corrected chi connectivity index (χ2v) is 4.79. The molecule has 1 heterocycles. The van der Waals surface area contributed by atoms with Crippen LogP contribution in [0.25, 0.3) is 0 Å². The lowest BCUT2D eigenvalue weighted by Gasteiger charge is -2.31. The van der Waals surface area contributed by atoms with E-state index in [-0.39, 0.29) is 24.9 Å². The van der Waals surface area contributed by atoms with Crippen molar-refractivity contribution in [3.05, 3.63) is 29.3 Å². The summed E-state index contributed by atoms with van der Waals surface area (Å²) in [5, 5.41) is 0. The Kier molecular flexibility index (Phi) is 5.79. The van der Waals surface area contributed by atoms with Gasteiger partial charge < -0.3 is 15.4 Å². The lowest BCUT2D eigenvalue weighted by molar-refractivity contribution is -0.121. The minimum atomic E-state index is -0.582. The Morgan fingerprint density at radius 2 is 2.26 bits per heavy atom. The molecule has 1 unspecified atom stereocenters. The van der Waals surface area contributed by atoms with Crippen LogP contribution in [0.4, 0.5) is 5.69 Å². The molecule has 0 bridgehead atoms. The highest BCUT2D eigenvalue weighted by Gasteiger charge is 2.26. The number of halogens is 1. The third kappa shape index (κ3) is 3.47. The Balaban J connectivity index is 0.00000180. The predicted molar refractivity (Wildman–Crippen MR) is 79.0 cm³/mol. The number of amides is 1. The minimum Gasteiger partial charge on any atom is -0.383 e. The third-order valence-electron chi connectivity index (χ3n) is 3.29. The molecule has 4 nitrogen and oxygen atoms in total. The summed E-state index contributed by atoms with van der Waals surface area (Å²) < 4.78 is 4.95. The topological polar surface area (TPSA) is 55.6 Å². The summed E-state index contributed by atoms with van der Waals surface area (Å²) in [7, 11) is 1.56. The van der Waals surface area contributed by atoms with Gasteiger partial charge in [0.15, 0.2) is 0 Å². The molecule has 2 N–H and O–H groups in total. The highest BCUT2D eigenvalue weighted by Crippen LogP contribution is 2.28. The molecule has 2 rings (SSSR count). The number of nitrogens with two attached hydrogens (primary N) is 1. The molecule has 1 amide bonds. The van der Waals surface area contributed by atoms with Gasteiger partial charge in [0.1, 0.15) is 6.04 Å². The monoisotopic (exact) mass is 284 g/mol. The van der Waals surface area contributed by atoms with Gasteiger partial charge in [0.2, 0.25) is 5.91 Å². The van der Waals surface area contributed by atoms with Crippen molar-refractivity contribution in [2.75, 3.05) is 25.2 Å². The second kappa shape index (κ2) is 6.89. The molecule has 5 heteroatoms. The van der Waals surface area contributed by atoms with Crippen LogP contribution in [0.15, 0.2) is 18.2 Å². The standard InChI is InChI=1S/C14H20N2O2.ClH/c1-10-5-6-11-4-3-7-16(13(11)8-10)14(17)12(15)9-18-2;/h5-6,8,12H,3-4,7,9,15H2,1-2H3;1H. The molecule has 1 aliphatic rings. The highest BCUT2D eigenvalue weighted by molar-refractivity contribution is 5.98. The fraction of sp³-hybridized carbons (Fsp3) is 0.500. The summed E-state index contributed by atoms with van der Waals surface area (Å²) in [5.41, 5.74) is 9.24. The zero-order valence-electron chi connectivity index (χ0n) is 11.4. The number of benzene rings is 1. The molecule has 0 saturated heterocycles. The Hall–Kier alpha value is -1.10. The third-order valence-corrected chi connectivity index (χ3v) is 3.29. The van der Waals surface area contributed by atoms with E-state index in [9.17, 15) is 4.79 Å². The number of methoxy groups -OCH3 is 1. The van der Waals surface area contributed by atoms with Crippen LogP contribution >= 0.6 is 12.4 Å². The Bertz CT molecular complexity index is 451. The SMILES string of the molecule is COCC(N)C(=O)N1CCCc2ccc(C)cc21.Cl. The molecule has 0 aliphatic carbocycles. The minimum absolute atomic E-state index is 0. The molecule has 0 saturated carbocycles. The number of aryl methyl sites for hydroxylation is 2. The number of carbonyl (C=O) groups excluding carboxylic acids is 1. The van der Waals surface area contributed by atoms with Gasteiger partial charge in [-0.1, -0.05) is 12.1 Å². The van der Waals surface area contributed by atoms with Gasteiger partial charge in [-0.15, -0.1) is 12.4 Å². The normalized spacial score (nSPS) is 15.4. The average Bonchev–Trinajstić information content (AvgIpc) is 2.37. The number of hydrogen-bond acceptors (Lipinski definition) is 3. The first-order valence-corrected chi connectivity index (χ1v) is 6.29.